The molecule has 25 heavy (non-hydrogen) atoms. The standard InChI is InChI=1S/C18H17BrFNO4/c1-11-3-6-14(7-4-11)21-18(23)12(2)25-17(22)10-24-16-8-5-13(20)9-15(16)19/h3-9,12H,10H2,1-2H3,(H,21,23)/t12-/m0/s1. The summed E-state index contributed by atoms with van der Waals surface area (Å²) in [5.74, 6) is -1.28. The Labute approximate surface area is 153 Å². The molecule has 2 aromatic rings. The Balaban J connectivity index is 1.82. The van der Waals surface area contributed by atoms with Gasteiger partial charge in [0.2, 0.25) is 0 Å². The summed E-state index contributed by atoms with van der Waals surface area (Å²) in [5, 5.41) is 2.66. The predicted octanol–water partition coefficient (Wildman–Crippen LogP) is 3.85. The van der Waals surface area contributed by atoms with Crippen molar-refractivity contribution in [2.24, 2.45) is 0 Å². The van der Waals surface area contributed by atoms with E-state index in [0.29, 0.717) is 15.9 Å². The molecular weight excluding hydrogens is 393 g/mol. The zero-order valence-corrected chi connectivity index (χ0v) is 15.3. The predicted molar refractivity (Wildman–Crippen MR) is 95.0 cm³/mol. The number of nitrogens with one attached hydrogen (secondary N) is 1. The molecule has 0 aliphatic heterocycles. The number of carbonyl (C=O) groups is 2. The summed E-state index contributed by atoms with van der Waals surface area (Å²) in [6.45, 7) is 3.01. The van der Waals surface area contributed by atoms with Gasteiger partial charge in [-0.25, -0.2) is 9.18 Å². The zero-order valence-electron chi connectivity index (χ0n) is 13.7. The van der Waals surface area contributed by atoms with Crippen LogP contribution in [0.3, 0.4) is 0 Å². The van der Waals surface area contributed by atoms with Crippen LogP contribution >= 0.6 is 15.9 Å². The summed E-state index contributed by atoms with van der Waals surface area (Å²) in [6, 6.07) is 11.1. The van der Waals surface area contributed by atoms with Gasteiger partial charge in [0.05, 0.1) is 4.47 Å². The van der Waals surface area contributed by atoms with E-state index in [1.807, 2.05) is 19.1 Å². The first-order chi connectivity index (χ1) is 11.8. The highest BCUT2D eigenvalue weighted by Crippen LogP contribution is 2.25. The molecule has 0 saturated heterocycles. The smallest absolute Gasteiger partial charge is 0.344 e. The lowest BCUT2D eigenvalue weighted by atomic mass is 10.2. The van der Waals surface area contributed by atoms with Crippen LogP contribution in [0.4, 0.5) is 10.1 Å². The number of ether oxygens (including phenoxy) is 2. The Morgan fingerprint density at radius 3 is 2.52 bits per heavy atom. The van der Waals surface area contributed by atoms with Crippen LogP contribution in [0.1, 0.15) is 12.5 Å². The van der Waals surface area contributed by atoms with Gasteiger partial charge in [0.25, 0.3) is 5.91 Å². The van der Waals surface area contributed by atoms with Gasteiger partial charge in [-0.2, -0.15) is 0 Å². The molecule has 0 unspecified atom stereocenters. The maximum absolute atomic E-state index is 13.0. The number of amides is 1. The first-order valence-corrected chi connectivity index (χ1v) is 8.29. The average Bonchev–Trinajstić information content (AvgIpc) is 2.56. The van der Waals surface area contributed by atoms with Crippen molar-refractivity contribution in [3.63, 3.8) is 0 Å². The van der Waals surface area contributed by atoms with Crippen molar-refractivity contribution in [3.05, 3.63) is 58.3 Å². The Morgan fingerprint density at radius 2 is 1.88 bits per heavy atom. The van der Waals surface area contributed by atoms with E-state index < -0.39 is 30.4 Å². The van der Waals surface area contributed by atoms with Crippen LogP contribution < -0.4 is 10.1 Å². The Kier molecular flexibility index (Phi) is 6.52. The quantitative estimate of drug-likeness (QED) is 0.735. The van der Waals surface area contributed by atoms with Gasteiger partial charge in [-0.3, -0.25) is 4.79 Å². The van der Waals surface area contributed by atoms with Gasteiger partial charge in [-0.05, 0) is 60.1 Å². The summed E-state index contributed by atoms with van der Waals surface area (Å²) in [6.07, 6.45) is -0.978. The van der Waals surface area contributed by atoms with Gasteiger partial charge in [0.1, 0.15) is 11.6 Å². The lowest BCUT2D eigenvalue weighted by Crippen LogP contribution is -2.31. The summed E-state index contributed by atoms with van der Waals surface area (Å²) >= 11 is 3.13. The van der Waals surface area contributed by atoms with Crippen molar-refractivity contribution in [2.45, 2.75) is 20.0 Å². The fourth-order valence-electron chi connectivity index (χ4n) is 1.89. The number of hydrogen-bond donors (Lipinski definition) is 1. The zero-order chi connectivity index (χ0) is 18.4. The van der Waals surface area contributed by atoms with E-state index >= 15 is 0 Å². The van der Waals surface area contributed by atoms with Crippen LogP contribution in [-0.4, -0.2) is 24.6 Å². The maximum atomic E-state index is 13.0. The van der Waals surface area contributed by atoms with Crippen molar-refractivity contribution in [2.75, 3.05) is 11.9 Å². The van der Waals surface area contributed by atoms with Gasteiger partial charge < -0.3 is 14.8 Å². The molecule has 7 heteroatoms. The van der Waals surface area contributed by atoms with Crippen LogP contribution in [-0.2, 0) is 14.3 Å². The summed E-state index contributed by atoms with van der Waals surface area (Å²) < 4.78 is 23.6. The maximum Gasteiger partial charge on any atom is 0.344 e. The number of carbonyl (C=O) groups excluding carboxylic acids is 2. The topological polar surface area (TPSA) is 64.6 Å². The van der Waals surface area contributed by atoms with E-state index in [9.17, 15) is 14.0 Å². The fourth-order valence-corrected chi connectivity index (χ4v) is 2.36. The molecule has 0 heterocycles. The van der Waals surface area contributed by atoms with E-state index in [-0.39, 0.29) is 0 Å². The average molecular weight is 410 g/mol. The third-order valence-corrected chi connectivity index (χ3v) is 3.86. The third kappa shape index (κ3) is 5.86. The van der Waals surface area contributed by atoms with E-state index in [4.69, 9.17) is 9.47 Å². The number of anilines is 1. The van der Waals surface area contributed by atoms with Crippen molar-refractivity contribution >= 4 is 33.5 Å². The highest BCUT2D eigenvalue weighted by atomic mass is 79.9. The minimum absolute atomic E-state index is 0.301. The summed E-state index contributed by atoms with van der Waals surface area (Å²) in [7, 11) is 0. The van der Waals surface area contributed by atoms with Crippen molar-refractivity contribution in [3.8, 4) is 5.75 Å². The SMILES string of the molecule is Cc1ccc(NC(=O)[C@H](C)OC(=O)COc2ccc(F)cc2Br)cc1. The van der Waals surface area contributed by atoms with Gasteiger partial charge >= 0.3 is 5.97 Å². The van der Waals surface area contributed by atoms with Gasteiger partial charge in [-0.1, -0.05) is 17.7 Å². The second-order valence-corrected chi connectivity index (χ2v) is 6.21. The number of halogens is 2. The molecule has 5 nitrogen and oxygen atoms in total. The molecule has 0 saturated carbocycles. The molecule has 1 atom stereocenters. The fraction of sp³-hybridized carbons (Fsp3) is 0.222. The van der Waals surface area contributed by atoms with E-state index in [2.05, 4.69) is 21.2 Å². The highest BCUT2D eigenvalue weighted by molar-refractivity contribution is 9.10. The van der Waals surface area contributed by atoms with Crippen LogP contribution in [0.2, 0.25) is 0 Å². The van der Waals surface area contributed by atoms with E-state index in [1.54, 1.807) is 12.1 Å². The van der Waals surface area contributed by atoms with Crippen LogP contribution in [0.15, 0.2) is 46.9 Å². The first kappa shape index (κ1) is 18.9. The van der Waals surface area contributed by atoms with Gasteiger partial charge in [0, 0.05) is 5.69 Å². The van der Waals surface area contributed by atoms with Crippen LogP contribution in [0.25, 0.3) is 0 Å². The summed E-state index contributed by atoms with van der Waals surface area (Å²) in [4.78, 5) is 23.8. The minimum atomic E-state index is -0.978. The van der Waals surface area contributed by atoms with Crippen LogP contribution in [0.5, 0.6) is 5.75 Å². The molecule has 0 aromatic heterocycles. The molecule has 0 aliphatic rings. The molecule has 0 aliphatic carbocycles. The van der Waals surface area contributed by atoms with Gasteiger partial charge in [0.15, 0.2) is 12.7 Å². The van der Waals surface area contributed by atoms with Crippen molar-refractivity contribution in [1.29, 1.82) is 0 Å². The Bertz CT molecular complexity index is 764. The van der Waals surface area contributed by atoms with Crippen molar-refractivity contribution < 1.29 is 23.5 Å². The first-order valence-electron chi connectivity index (χ1n) is 7.50. The Morgan fingerprint density at radius 1 is 1.20 bits per heavy atom. The second kappa shape index (κ2) is 8.62. The summed E-state index contributed by atoms with van der Waals surface area (Å²) in [5.41, 5.74) is 1.69. The number of hydrogen-bond acceptors (Lipinski definition) is 4. The number of rotatable bonds is 6. The number of benzene rings is 2. The van der Waals surface area contributed by atoms with Crippen LogP contribution in [0, 0.1) is 12.7 Å². The molecular formula is C18H17BrFNO4. The normalized spacial score (nSPS) is 11.5. The molecule has 2 rings (SSSR count). The third-order valence-electron chi connectivity index (χ3n) is 3.24. The molecule has 0 radical (unpaired) electrons. The lowest BCUT2D eigenvalue weighted by Gasteiger charge is -2.14. The van der Waals surface area contributed by atoms with Gasteiger partial charge in [-0.15, -0.1) is 0 Å². The largest absolute Gasteiger partial charge is 0.481 e. The monoisotopic (exact) mass is 409 g/mol. The molecule has 0 fully saturated rings. The molecule has 0 bridgehead atoms. The number of esters is 1. The van der Waals surface area contributed by atoms with E-state index in [1.165, 1.54) is 25.1 Å². The molecule has 2 aromatic carbocycles. The van der Waals surface area contributed by atoms with Crippen molar-refractivity contribution in [1.82, 2.24) is 0 Å². The highest BCUT2D eigenvalue weighted by Gasteiger charge is 2.18. The Hall–Kier alpha value is -2.41. The van der Waals surface area contributed by atoms with E-state index in [0.717, 1.165) is 5.56 Å². The lowest BCUT2D eigenvalue weighted by molar-refractivity contribution is -0.155. The molecule has 0 spiro atoms. The molecule has 1 N–H and O–H groups in total. The second-order valence-electron chi connectivity index (χ2n) is 5.35. The number of aryl methyl sites for hydroxylation is 1. The minimum Gasteiger partial charge on any atom is -0.481 e. The molecule has 132 valence electrons. The molecule has 1 amide bonds.